The highest BCUT2D eigenvalue weighted by Gasteiger charge is 1.92. The van der Waals surface area contributed by atoms with Crippen molar-refractivity contribution < 1.29 is 14.6 Å². The molecule has 3 heteroatoms. The van der Waals surface area contributed by atoms with Gasteiger partial charge in [0, 0.05) is 6.61 Å². The average molecular weight is 115 g/mol. The summed E-state index contributed by atoms with van der Waals surface area (Å²) in [5.41, 5.74) is 0. The Morgan fingerprint density at radius 1 is 1.75 bits per heavy atom. The van der Waals surface area contributed by atoms with Crippen LogP contribution in [0.1, 0.15) is 6.92 Å². The zero-order valence-electron chi connectivity index (χ0n) is 4.64. The third kappa shape index (κ3) is 3.40. The third-order valence-electron chi connectivity index (χ3n) is 0.551. The van der Waals surface area contributed by atoms with Crippen LogP contribution in [0, 0.1) is 0 Å². The van der Waals surface area contributed by atoms with Gasteiger partial charge < -0.3 is 4.74 Å². The van der Waals surface area contributed by atoms with Gasteiger partial charge in [0.05, 0.1) is 0 Å². The lowest BCUT2D eigenvalue weighted by atomic mass is 10.6. The highest BCUT2D eigenvalue weighted by Crippen LogP contribution is 1.81. The fourth-order valence-electron chi connectivity index (χ4n) is 0.224. The SMILES string of the molecule is CCOCC([O])=C=O. The van der Waals surface area contributed by atoms with E-state index in [9.17, 15) is 9.90 Å². The molecule has 0 bridgehead atoms. The maximum absolute atomic E-state index is 10.0. The van der Waals surface area contributed by atoms with Crippen LogP contribution in [-0.4, -0.2) is 19.2 Å². The molecule has 0 heterocycles. The largest absolute Gasteiger partial charge is 0.373 e. The van der Waals surface area contributed by atoms with Crippen LogP contribution in [0.25, 0.3) is 0 Å². The summed E-state index contributed by atoms with van der Waals surface area (Å²) < 4.78 is 4.57. The fourth-order valence-corrected chi connectivity index (χ4v) is 0.224. The smallest absolute Gasteiger partial charge is 0.263 e. The van der Waals surface area contributed by atoms with Gasteiger partial charge in [-0.05, 0) is 6.92 Å². The molecule has 0 aromatic carbocycles. The Morgan fingerprint density at radius 3 is 2.75 bits per heavy atom. The topological polar surface area (TPSA) is 46.2 Å². The molecule has 0 unspecified atom stereocenters. The lowest BCUT2D eigenvalue weighted by Gasteiger charge is -1.90. The normalized spacial score (nSPS) is 8.12. The summed E-state index contributed by atoms with van der Waals surface area (Å²) >= 11 is 0. The van der Waals surface area contributed by atoms with Crippen LogP contribution in [0.4, 0.5) is 0 Å². The van der Waals surface area contributed by atoms with E-state index in [0.717, 1.165) is 0 Å². The van der Waals surface area contributed by atoms with Crippen molar-refractivity contribution in [1.82, 2.24) is 0 Å². The molecule has 0 atom stereocenters. The third-order valence-corrected chi connectivity index (χ3v) is 0.551. The summed E-state index contributed by atoms with van der Waals surface area (Å²) in [6.45, 7) is 2.06. The lowest BCUT2D eigenvalue weighted by molar-refractivity contribution is 0.123. The second kappa shape index (κ2) is 4.37. The minimum Gasteiger partial charge on any atom is -0.373 e. The van der Waals surface area contributed by atoms with Crippen LogP contribution in [0.15, 0.2) is 5.76 Å². The predicted octanol–water partition coefficient (Wildman–Crippen LogP) is 0.169. The Bertz CT molecular complexity index is 102. The van der Waals surface area contributed by atoms with Crippen molar-refractivity contribution in [2.75, 3.05) is 13.2 Å². The summed E-state index contributed by atoms with van der Waals surface area (Å²) in [6, 6.07) is 0. The Hall–Kier alpha value is -0.790. The standard InChI is InChI=1S/C5H7O3/c1-2-8-4-5(7)3-6/h2,4H2,1H3. The maximum atomic E-state index is 10.0. The first-order valence-corrected chi connectivity index (χ1v) is 2.30. The molecule has 0 aromatic heterocycles. The number of ether oxygens (including phenoxy) is 1. The van der Waals surface area contributed by atoms with Crippen LogP contribution in [0.5, 0.6) is 0 Å². The van der Waals surface area contributed by atoms with Crippen molar-refractivity contribution in [3.8, 4) is 0 Å². The molecular formula is C5H7O3. The van der Waals surface area contributed by atoms with Crippen LogP contribution in [0.3, 0.4) is 0 Å². The molecule has 0 saturated heterocycles. The first kappa shape index (κ1) is 7.21. The number of hydrogen-bond donors (Lipinski definition) is 0. The van der Waals surface area contributed by atoms with Crippen LogP contribution < -0.4 is 0 Å². The van der Waals surface area contributed by atoms with Gasteiger partial charge in [-0.3, -0.25) is 5.11 Å². The van der Waals surface area contributed by atoms with Crippen LogP contribution in [-0.2, 0) is 14.6 Å². The van der Waals surface area contributed by atoms with E-state index >= 15 is 0 Å². The lowest BCUT2D eigenvalue weighted by Crippen LogP contribution is -1.95. The molecule has 0 aromatic rings. The van der Waals surface area contributed by atoms with E-state index in [0.29, 0.717) is 6.61 Å². The molecule has 1 radical (unpaired) electrons. The summed E-state index contributed by atoms with van der Waals surface area (Å²) in [5.74, 6) is 0.553. The van der Waals surface area contributed by atoms with E-state index in [1.54, 1.807) is 6.92 Å². The Kier molecular flexibility index (Phi) is 3.94. The van der Waals surface area contributed by atoms with E-state index in [4.69, 9.17) is 0 Å². The Labute approximate surface area is 47.6 Å². The first-order chi connectivity index (χ1) is 3.81. The second-order valence-electron chi connectivity index (χ2n) is 1.16. The zero-order chi connectivity index (χ0) is 6.41. The molecule has 3 nitrogen and oxygen atoms in total. The summed E-state index contributed by atoms with van der Waals surface area (Å²) in [4.78, 5) is 9.46. The van der Waals surface area contributed by atoms with Gasteiger partial charge in [-0.1, -0.05) is 0 Å². The van der Waals surface area contributed by atoms with E-state index < -0.39 is 5.76 Å². The summed E-state index contributed by atoms with van der Waals surface area (Å²) in [6.07, 6.45) is 0. The van der Waals surface area contributed by atoms with E-state index in [1.807, 2.05) is 0 Å². The molecule has 0 rings (SSSR count). The highest BCUT2D eigenvalue weighted by molar-refractivity contribution is 5.48. The van der Waals surface area contributed by atoms with Gasteiger partial charge in [-0.2, -0.15) is 0 Å². The molecule has 0 N–H and O–H groups in total. The Morgan fingerprint density at radius 2 is 2.38 bits per heavy atom. The molecule has 45 valence electrons. The number of rotatable bonds is 3. The molecule has 0 fully saturated rings. The monoisotopic (exact) mass is 115 g/mol. The molecular weight excluding hydrogens is 108 g/mol. The quantitative estimate of drug-likeness (QED) is 0.388. The summed E-state index contributed by atoms with van der Waals surface area (Å²) in [7, 11) is 0. The van der Waals surface area contributed by atoms with Gasteiger partial charge in [0.25, 0.3) is 5.76 Å². The molecule has 8 heavy (non-hydrogen) atoms. The molecule has 0 amide bonds. The van der Waals surface area contributed by atoms with Gasteiger partial charge in [0.1, 0.15) is 6.61 Å². The van der Waals surface area contributed by atoms with Gasteiger partial charge in [-0.15, -0.1) is 0 Å². The van der Waals surface area contributed by atoms with Crippen LogP contribution in [0.2, 0.25) is 0 Å². The van der Waals surface area contributed by atoms with Crippen LogP contribution >= 0.6 is 0 Å². The Balaban J connectivity index is 3.26. The molecule has 0 aliphatic carbocycles. The fraction of sp³-hybridized carbons (Fsp3) is 0.600. The van der Waals surface area contributed by atoms with E-state index in [2.05, 4.69) is 4.74 Å². The molecule has 0 saturated carbocycles. The van der Waals surface area contributed by atoms with Gasteiger partial charge in [0.2, 0.25) is 0 Å². The number of hydrogen-bond acceptors (Lipinski definition) is 2. The van der Waals surface area contributed by atoms with Crippen molar-refractivity contribution in [2.24, 2.45) is 0 Å². The zero-order valence-corrected chi connectivity index (χ0v) is 4.64. The highest BCUT2D eigenvalue weighted by atomic mass is 16.5. The molecule has 0 aliphatic rings. The predicted molar refractivity (Wildman–Crippen MR) is 26.4 cm³/mol. The van der Waals surface area contributed by atoms with Crippen molar-refractivity contribution in [2.45, 2.75) is 6.92 Å². The van der Waals surface area contributed by atoms with E-state index in [-0.39, 0.29) is 6.61 Å². The second-order valence-corrected chi connectivity index (χ2v) is 1.16. The van der Waals surface area contributed by atoms with Gasteiger partial charge in [0.15, 0.2) is 5.94 Å². The minimum absolute atomic E-state index is 0.139. The average Bonchev–Trinajstić information content (AvgIpc) is 1.83. The van der Waals surface area contributed by atoms with Crippen molar-refractivity contribution in [3.05, 3.63) is 5.76 Å². The molecule has 0 spiro atoms. The summed E-state index contributed by atoms with van der Waals surface area (Å²) in [5, 5.41) is 10.0. The number of carbonyl (C=O) groups excluding carboxylic acids is 1. The first-order valence-electron chi connectivity index (χ1n) is 2.30. The van der Waals surface area contributed by atoms with Gasteiger partial charge >= 0.3 is 0 Å². The van der Waals surface area contributed by atoms with E-state index in [1.165, 1.54) is 5.94 Å². The minimum atomic E-state index is -0.633. The van der Waals surface area contributed by atoms with Crippen molar-refractivity contribution >= 4 is 5.94 Å². The molecule has 0 aliphatic heterocycles. The van der Waals surface area contributed by atoms with Crippen molar-refractivity contribution in [3.63, 3.8) is 0 Å². The maximum Gasteiger partial charge on any atom is 0.263 e. The van der Waals surface area contributed by atoms with Gasteiger partial charge in [-0.25, -0.2) is 4.79 Å². The van der Waals surface area contributed by atoms with Crippen molar-refractivity contribution in [1.29, 1.82) is 0 Å².